The lowest BCUT2D eigenvalue weighted by Gasteiger charge is -2.16. The molecule has 0 saturated carbocycles. The molecule has 0 heteroatoms. The van der Waals surface area contributed by atoms with E-state index in [0.29, 0.717) is 0 Å². The lowest BCUT2D eigenvalue weighted by Crippen LogP contribution is -2.04. The van der Waals surface area contributed by atoms with E-state index in [2.05, 4.69) is 93.6 Å². The van der Waals surface area contributed by atoms with E-state index in [0.717, 1.165) is 12.3 Å². The van der Waals surface area contributed by atoms with Crippen molar-refractivity contribution in [3.05, 3.63) is 83.9 Å². The van der Waals surface area contributed by atoms with E-state index in [-0.39, 0.29) is 0 Å². The predicted molar refractivity (Wildman–Crippen MR) is 143 cm³/mol. The van der Waals surface area contributed by atoms with Gasteiger partial charge in [0.25, 0.3) is 0 Å². The molecule has 0 heterocycles. The van der Waals surface area contributed by atoms with Crippen molar-refractivity contribution in [2.24, 2.45) is 5.92 Å². The molecule has 5 aromatic rings. The second kappa shape index (κ2) is 8.94. The van der Waals surface area contributed by atoms with Crippen molar-refractivity contribution < 1.29 is 0 Å². The standard InChI is InChI=1S/C32H34/c1-4-7-9-22(5-2)14-25-10-8-11-26-17-29-19-28-16-24-13-12-23(6-3)15-27(24)18-30(28)20-31(29)21-32(25)26/h8,10-13,15-22H,4-7,9,14H2,1-3H3. The maximum atomic E-state index is 2.44. The fourth-order valence-corrected chi connectivity index (χ4v) is 5.29. The Balaban J connectivity index is 1.63. The van der Waals surface area contributed by atoms with E-state index < -0.39 is 0 Å². The van der Waals surface area contributed by atoms with E-state index in [4.69, 9.17) is 0 Å². The Bertz CT molecular complexity index is 1410. The van der Waals surface area contributed by atoms with E-state index in [1.165, 1.54) is 86.3 Å². The van der Waals surface area contributed by atoms with Crippen LogP contribution in [-0.4, -0.2) is 0 Å². The Hall–Kier alpha value is -2.86. The first-order valence-corrected chi connectivity index (χ1v) is 12.5. The molecule has 5 aromatic carbocycles. The predicted octanol–water partition coefficient (Wildman–Crippen LogP) is 9.62. The molecule has 0 radical (unpaired) electrons. The van der Waals surface area contributed by atoms with E-state index >= 15 is 0 Å². The Morgan fingerprint density at radius 3 is 1.97 bits per heavy atom. The van der Waals surface area contributed by atoms with Crippen LogP contribution in [0.2, 0.25) is 0 Å². The van der Waals surface area contributed by atoms with Crippen molar-refractivity contribution >= 4 is 43.1 Å². The normalized spacial score (nSPS) is 12.8. The molecule has 0 fully saturated rings. The molecule has 0 aromatic heterocycles. The molecule has 0 saturated heterocycles. The Morgan fingerprint density at radius 1 is 0.625 bits per heavy atom. The molecule has 0 aliphatic heterocycles. The third kappa shape index (κ3) is 3.99. The number of hydrogen-bond donors (Lipinski definition) is 0. The van der Waals surface area contributed by atoms with Gasteiger partial charge in [0, 0.05) is 0 Å². The third-order valence-electron chi connectivity index (χ3n) is 7.36. The largest absolute Gasteiger partial charge is 0.0654 e. The summed E-state index contributed by atoms with van der Waals surface area (Å²) < 4.78 is 0. The molecule has 0 aliphatic rings. The minimum atomic E-state index is 0.784. The van der Waals surface area contributed by atoms with Crippen LogP contribution in [0.4, 0.5) is 0 Å². The van der Waals surface area contributed by atoms with Crippen LogP contribution in [0.1, 0.15) is 57.6 Å². The minimum absolute atomic E-state index is 0.784. The first-order chi connectivity index (χ1) is 15.7. The van der Waals surface area contributed by atoms with Gasteiger partial charge in [-0.15, -0.1) is 0 Å². The monoisotopic (exact) mass is 418 g/mol. The van der Waals surface area contributed by atoms with Gasteiger partial charge in [0.1, 0.15) is 0 Å². The van der Waals surface area contributed by atoms with E-state index in [9.17, 15) is 0 Å². The van der Waals surface area contributed by atoms with Crippen LogP contribution in [-0.2, 0) is 12.8 Å². The molecular formula is C32H34. The Morgan fingerprint density at radius 2 is 1.28 bits per heavy atom. The van der Waals surface area contributed by atoms with Gasteiger partial charge in [-0.2, -0.15) is 0 Å². The van der Waals surface area contributed by atoms with Crippen molar-refractivity contribution in [2.75, 3.05) is 0 Å². The molecule has 0 amide bonds. The molecule has 1 atom stereocenters. The van der Waals surface area contributed by atoms with Crippen molar-refractivity contribution in [1.82, 2.24) is 0 Å². The van der Waals surface area contributed by atoms with Crippen LogP contribution in [0.5, 0.6) is 0 Å². The fourth-order valence-electron chi connectivity index (χ4n) is 5.29. The topological polar surface area (TPSA) is 0 Å². The van der Waals surface area contributed by atoms with Crippen molar-refractivity contribution in [1.29, 1.82) is 0 Å². The molecule has 1 unspecified atom stereocenters. The first-order valence-electron chi connectivity index (χ1n) is 12.5. The average molecular weight is 419 g/mol. The zero-order valence-electron chi connectivity index (χ0n) is 19.7. The quantitative estimate of drug-likeness (QED) is 0.231. The smallest absolute Gasteiger partial charge is 0.0145 e. The molecule has 0 nitrogen and oxygen atoms in total. The summed E-state index contributed by atoms with van der Waals surface area (Å²) in [6.07, 6.45) is 7.51. The van der Waals surface area contributed by atoms with Gasteiger partial charge in [0.05, 0.1) is 0 Å². The van der Waals surface area contributed by atoms with Crippen LogP contribution in [0.25, 0.3) is 43.1 Å². The number of hydrogen-bond acceptors (Lipinski definition) is 0. The van der Waals surface area contributed by atoms with Crippen LogP contribution in [0.15, 0.2) is 72.8 Å². The number of benzene rings is 5. The molecule has 0 aliphatic carbocycles. The third-order valence-corrected chi connectivity index (χ3v) is 7.36. The SMILES string of the molecule is CCCCC(CC)Cc1cccc2cc3cc4cc5ccc(CC)cc5cc4cc3cc12. The lowest BCUT2D eigenvalue weighted by molar-refractivity contribution is 0.450. The molecule has 162 valence electrons. The molecule has 5 rings (SSSR count). The van der Waals surface area contributed by atoms with Gasteiger partial charge in [-0.05, 0) is 109 Å². The van der Waals surface area contributed by atoms with E-state index in [1.807, 2.05) is 0 Å². The highest BCUT2D eigenvalue weighted by Gasteiger charge is 2.11. The van der Waals surface area contributed by atoms with Gasteiger partial charge in [-0.3, -0.25) is 0 Å². The van der Waals surface area contributed by atoms with Crippen molar-refractivity contribution in [3.8, 4) is 0 Å². The highest BCUT2D eigenvalue weighted by atomic mass is 14.2. The maximum Gasteiger partial charge on any atom is -0.0145 e. The number of fused-ring (bicyclic) bond motifs is 4. The summed E-state index contributed by atoms with van der Waals surface area (Å²) in [7, 11) is 0. The van der Waals surface area contributed by atoms with Gasteiger partial charge in [-0.1, -0.05) is 82.9 Å². The number of unbranched alkanes of at least 4 members (excludes halogenated alkanes) is 1. The second-order valence-corrected chi connectivity index (χ2v) is 9.54. The zero-order chi connectivity index (χ0) is 22.1. The Labute approximate surface area is 192 Å². The van der Waals surface area contributed by atoms with Crippen molar-refractivity contribution in [3.63, 3.8) is 0 Å². The van der Waals surface area contributed by atoms with Gasteiger partial charge in [0.15, 0.2) is 0 Å². The fraction of sp³-hybridized carbons (Fsp3) is 0.312. The summed E-state index contributed by atoms with van der Waals surface area (Å²) in [6.45, 7) is 6.87. The van der Waals surface area contributed by atoms with E-state index in [1.54, 1.807) is 0 Å². The van der Waals surface area contributed by atoms with Crippen LogP contribution in [0.3, 0.4) is 0 Å². The summed E-state index contributed by atoms with van der Waals surface area (Å²) in [5, 5.41) is 10.8. The van der Waals surface area contributed by atoms with Gasteiger partial charge >= 0.3 is 0 Å². The summed E-state index contributed by atoms with van der Waals surface area (Å²) in [5.41, 5.74) is 2.92. The number of aryl methyl sites for hydroxylation is 1. The van der Waals surface area contributed by atoms with Crippen LogP contribution in [0, 0.1) is 5.92 Å². The summed E-state index contributed by atoms with van der Waals surface area (Å²) in [5.74, 6) is 0.784. The van der Waals surface area contributed by atoms with Gasteiger partial charge in [-0.25, -0.2) is 0 Å². The lowest BCUT2D eigenvalue weighted by atomic mass is 9.88. The number of rotatable bonds is 7. The average Bonchev–Trinajstić information content (AvgIpc) is 2.82. The molecule has 0 N–H and O–H groups in total. The van der Waals surface area contributed by atoms with Crippen LogP contribution < -0.4 is 0 Å². The Kier molecular flexibility index (Phi) is 5.87. The van der Waals surface area contributed by atoms with Gasteiger partial charge in [0.2, 0.25) is 0 Å². The molecule has 0 bridgehead atoms. The molecule has 0 spiro atoms. The maximum absolute atomic E-state index is 2.44. The molecule has 32 heavy (non-hydrogen) atoms. The summed E-state index contributed by atoms with van der Waals surface area (Å²) in [6, 6.07) is 28.1. The van der Waals surface area contributed by atoms with Crippen molar-refractivity contribution in [2.45, 2.75) is 59.3 Å². The summed E-state index contributed by atoms with van der Waals surface area (Å²) in [4.78, 5) is 0. The highest BCUT2D eigenvalue weighted by molar-refractivity contribution is 6.08. The van der Waals surface area contributed by atoms with Gasteiger partial charge < -0.3 is 0 Å². The summed E-state index contributed by atoms with van der Waals surface area (Å²) >= 11 is 0. The zero-order valence-corrected chi connectivity index (χ0v) is 19.7. The molecular weight excluding hydrogens is 384 g/mol. The minimum Gasteiger partial charge on any atom is -0.0654 e. The van der Waals surface area contributed by atoms with Crippen LogP contribution >= 0.6 is 0 Å². The second-order valence-electron chi connectivity index (χ2n) is 9.54. The highest BCUT2D eigenvalue weighted by Crippen LogP contribution is 2.32. The first kappa shape index (κ1) is 21.0.